The Morgan fingerprint density at radius 2 is 2.21 bits per heavy atom. The highest BCUT2D eigenvalue weighted by Gasteiger charge is 2.37. The first-order valence-electron chi connectivity index (χ1n) is 6.66. The van der Waals surface area contributed by atoms with Crippen molar-refractivity contribution in [3.05, 3.63) is 11.7 Å². The molecule has 1 aliphatic carbocycles. The lowest BCUT2D eigenvalue weighted by molar-refractivity contribution is -0.139. The van der Waals surface area contributed by atoms with Gasteiger partial charge in [0.2, 0.25) is 5.89 Å². The molecule has 1 N–H and O–H groups in total. The number of rotatable bonds is 7. The van der Waals surface area contributed by atoms with Crippen LogP contribution in [0.15, 0.2) is 4.52 Å². The van der Waals surface area contributed by atoms with E-state index in [1.165, 1.54) is 0 Å². The molecule has 19 heavy (non-hydrogen) atoms. The average molecular weight is 268 g/mol. The first-order valence-corrected chi connectivity index (χ1v) is 6.66. The summed E-state index contributed by atoms with van der Waals surface area (Å²) in [7, 11) is 1.63. The SMILES string of the molecule is COCCc1noc(CC2(CC(=O)O)CCCC2)n1. The molecule has 0 aliphatic heterocycles. The first-order chi connectivity index (χ1) is 9.13. The maximum absolute atomic E-state index is 11.0. The highest BCUT2D eigenvalue weighted by Crippen LogP contribution is 2.43. The molecule has 0 aromatic carbocycles. The molecular weight excluding hydrogens is 248 g/mol. The number of methoxy groups -OCH3 is 1. The molecule has 1 fully saturated rings. The van der Waals surface area contributed by atoms with Gasteiger partial charge in [-0.05, 0) is 18.3 Å². The van der Waals surface area contributed by atoms with Crippen LogP contribution in [0, 0.1) is 5.41 Å². The monoisotopic (exact) mass is 268 g/mol. The van der Waals surface area contributed by atoms with Gasteiger partial charge in [0.15, 0.2) is 5.82 Å². The fourth-order valence-electron chi connectivity index (χ4n) is 2.84. The van der Waals surface area contributed by atoms with Crippen molar-refractivity contribution in [2.45, 2.75) is 44.9 Å². The smallest absolute Gasteiger partial charge is 0.303 e. The summed E-state index contributed by atoms with van der Waals surface area (Å²) in [6.07, 6.45) is 5.38. The number of carboxylic acid groups (broad SMARTS) is 1. The summed E-state index contributed by atoms with van der Waals surface area (Å²) in [5, 5.41) is 12.9. The van der Waals surface area contributed by atoms with E-state index < -0.39 is 5.97 Å². The van der Waals surface area contributed by atoms with Crippen LogP contribution in [0.1, 0.15) is 43.8 Å². The number of aliphatic carboxylic acids is 1. The maximum Gasteiger partial charge on any atom is 0.303 e. The van der Waals surface area contributed by atoms with E-state index in [4.69, 9.17) is 14.4 Å². The zero-order valence-corrected chi connectivity index (χ0v) is 11.2. The van der Waals surface area contributed by atoms with E-state index >= 15 is 0 Å². The van der Waals surface area contributed by atoms with Crippen LogP contribution in [0.4, 0.5) is 0 Å². The second-order valence-corrected chi connectivity index (χ2v) is 5.30. The Kier molecular flexibility index (Phi) is 4.52. The molecule has 106 valence electrons. The number of hydrogen-bond acceptors (Lipinski definition) is 5. The second kappa shape index (κ2) is 6.14. The van der Waals surface area contributed by atoms with E-state index in [2.05, 4.69) is 10.1 Å². The molecule has 1 saturated carbocycles. The average Bonchev–Trinajstić information content (AvgIpc) is 2.96. The Labute approximate surface area is 112 Å². The molecule has 1 aliphatic rings. The summed E-state index contributed by atoms with van der Waals surface area (Å²) in [6.45, 7) is 0.555. The van der Waals surface area contributed by atoms with Crippen LogP contribution in [-0.2, 0) is 22.4 Å². The second-order valence-electron chi connectivity index (χ2n) is 5.30. The number of aromatic nitrogens is 2. The predicted molar refractivity (Wildman–Crippen MR) is 66.7 cm³/mol. The Morgan fingerprint density at radius 3 is 2.84 bits per heavy atom. The van der Waals surface area contributed by atoms with Gasteiger partial charge in [-0.15, -0.1) is 0 Å². The van der Waals surface area contributed by atoms with E-state index in [0.717, 1.165) is 25.7 Å². The van der Waals surface area contributed by atoms with Crippen molar-refractivity contribution >= 4 is 5.97 Å². The first kappa shape index (κ1) is 14.0. The Morgan fingerprint density at radius 1 is 1.47 bits per heavy atom. The van der Waals surface area contributed by atoms with Gasteiger partial charge < -0.3 is 14.4 Å². The van der Waals surface area contributed by atoms with Crippen LogP contribution in [-0.4, -0.2) is 34.9 Å². The molecule has 1 aromatic heterocycles. The van der Waals surface area contributed by atoms with E-state index in [1.807, 2.05) is 0 Å². The van der Waals surface area contributed by atoms with Crippen molar-refractivity contribution in [1.29, 1.82) is 0 Å². The summed E-state index contributed by atoms with van der Waals surface area (Å²) in [5.74, 6) is 0.426. The summed E-state index contributed by atoms with van der Waals surface area (Å²) in [4.78, 5) is 15.3. The van der Waals surface area contributed by atoms with E-state index in [-0.39, 0.29) is 11.8 Å². The molecule has 0 unspecified atom stereocenters. The van der Waals surface area contributed by atoms with Gasteiger partial charge >= 0.3 is 5.97 Å². The number of hydrogen-bond donors (Lipinski definition) is 1. The van der Waals surface area contributed by atoms with Crippen molar-refractivity contribution in [2.24, 2.45) is 5.41 Å². The van der Waals surface area contributed by atoms with Gasteiger partial charge in [-0.1, -0.05) is 18.0 Å². The van der Waals surface area contributed by atoms with Crippen molar-refractivity contribution in [3.63, 3.8) is 0 Å². The minimum atomic E-state index is -0.749. The van der Waals surface area contributed by atoms with Gasteiger partial charge in [0.05, 0.1) is 13.0 Å². The molecule has 0 atom stereocenters. The van der Waals surface area contributed by atoms with Gasteiger partial charge in [0.1, 0.15) is 0 Å². The van der Waals surface area contributed by atoms with Gasteiger partial charge in [0, 0.05) is 20.0 Å². The third kappa shape index (κ3) is 3.76. The quantitative estimate of drug-likeness (QED) is 0.812. The van der Waals surface area contributed by atoms with Crippen LogP contribution in [0.25, 0.3) is 0 Å². The van der Waals surface area contributed by atoms with E-state index in [9.17, 15) is 4.79 Å². The van der Waals surface area contributed by atoms with Crippen LogP contribution in [0.5, 0.6) is 0 Å². The summed E-state index contributed by atoms with van der Waals surface area (Å²) in [5.41, 5.74) is -0.198. The molecule has 0 bridgehead atoms. The molecule has 0 radical (unpaired) electrons. The molecule has 0 saturated heterocycles. The summed E-state index contributed by atoms with van der Waals surface area (Å²) in [6, 6.07) is 0. The van der Waals surface area contributed by atoms with Gasteiger partial charge in [-0.2, -0.15) is 4.98 Å². The van der Waals surface area contributed by atoms with Crippen LogP contribution >= 0.6 is 0 Å². The van der Waals surface area contributed by atoms with E-state index in [1.54, 1.807) is 7.11 Å². The van der Waals surface area contributed by atoms with Crippen molar-refractivity contribution < 1.29 is 19.2 Å². The Balaban J connectivity index is 2.00. The third-order valence-corrected chi connectivity index (χ3v) is 3.76. The topological polar surface area (TPSA) is 85.5 Å². The standard InChI is InChI=1S/C13H20N2O4/c1-18-7-4-10-14-11(19-15-10)8-13(9-12(16)17)5-2-3-6-13/h2-9H2,1H3,(H,16,17). The molecular formula is C13H20N2O4. The normalized spacial score (nSPS) is 17.7. The number of carboxylic acids is 1. The molecule has 2 rings (SSSR count). The lowest BCUT2D eigenvalue weighted by Crippen LogP contribution is -2.24. The van der Waals surface area contributed by atoms with Crippen LogP contribution < -0.4 is 0 Å². The Bertz CT molecular complexity index is 424. The van der Waals surface area contributed by atoms with Gasteiger partial charge in [0.25, 0.3) is 0 Å². The highest BCUT2D eigenvalue weighted by atomic mass is 16.5. The highest BCUT2D eigenvalue weighted by molar-refractivity contribution is 5.67. The third-order valence-electron chi connectivity index (χ3n) is 3.76. The van der Waals surface area contributed by atoms with Crippen molar-refractivity contribution in [3.8, 4) is 0 Å². The molecule has 0 amide bonds. The minimum Gasteiger partial charge on any atom is -0.481 e. The molecule has 6 heteroatoms. The summed E-state index contributed by atoms with van der Waals surface area (Å²) >= 11 is 0. The fourth-order valence-corrected chi connectivity index (χ4v) is 2.84. The zero-order chi connectivity index (χ0) is 13.7. The maximum atomic E-state index is 11.0. The largest absolute Gasteiger partial charge is 0.481 e. The lowest BCUT2D eigenvalue weighted by atomic mass is 9.79. The van der Waals surface area contributed by atoms with Gasteiger partial charge in [-0.3, -0.25) is 4.79 Å². The van der Waals surface area contributed by atoms with Crippen LogP contribution in [0.3, 0.4) is 0 Å². The van der Waals surface area contributed by atoms with Crippen molar-refractivity contribution in [1.82, 2.24) is 10.1 Å². The Hall–Kier alpha value is -1.43. The summed E-state index contributed by atoms with van der Waals surface area (Å²) < 4.78 is 10.2. The number of ether oxygens (including phenoxy) is 1. The van der Waals surface area contributed by atoms with Crippen molar-refractivity contribution in [2.75, 3.05) is 13.7 Å². The number of carbonyl (C=O) groups is 1. The number of nitrogens with zero attached hydrogens (tertiary/aromatic N) is 2. The molecule has 6 nitrogen and oxygen atoms in total. The molecule has 1 heterocycles. The fraction of sp³-hybridized carbons (Fsp3) is 0.769. The minimum absolute atomic E-state index is 0.183. The van der Waals surface area contributed by atoms with Gasteiger partial charge in [-0.25, -0.2) is 0 Å². The van der Waals surface area contributed by atoms with E-state index in [0.29, 0.717) is 31.2 Å². The predicted octanol–water partition coefficient (Wildman–Crippen LogP) is 1.84. The zero-order valence-electron chi connectivity index (χ0n) is 11.2. The van der Waals surface area contributed by atoms with Crippen LogP contribution in [0.2, 0.25) is 0 Å². The lowest BCUT2D eigenvalue weighted by Gasteiger charge is -2.24. The molecule has 0 spiro atoms. The molecule has 1 aromatic rings.